The third-order valence-electron chi connectivity index (χ3n) is 5.24. The number of aryl methyl sites for hydroxylation is 2. The summed E-state index contributed by atoms with van der Waals surface area (Å²) in [6.07, 6.45) is 2.79. The first-order chi connectivity index (χ1) is 12.9. The minimum Gasteiger partial charge on any atom is -0.348 e. The molecule has 1 aliphatic rings. The molecule has 0 aliphatic carbocycles. The average Bonchev–Trinajstić information content (AvgIpc) is 3.12. The van der Waals surface area contributed by atoms with Gasteiger partial charge in [-0.3, -0.25) is 19.1 Å². The molecule has 0 spiro atoms. The molecule has 3 aromatic rings. The summed E-state index contributed by atoms with van der Waals surface area (Å²) in [7, 11) is 1.53. The fourth-order valence-electron chi connectivity index (χ4n) is 3.92. The number of fused-ring (bicyclic) bond motifs is 2. The quantitative estimate of drug-likeness (QED) is 0.740. The van der Waals surface area contributed by atoms with Crippen molar-refractivity contribution in [1.29, 1.82) is 0 Å². The minimum absolute atomic E-state index is 0.0589. The van der Waals surface area contributed by atoms with E-state index in [4.69, 9.17) is 0 Å². The van der Waals surface area contributed by atoms with Gasteiger partial charge < -0.3 is 9.47 Å². The molecule has 0 aromatic carbocycles. The molecule has 1 aliphatic heterocycles. The molecule has 1 N–H and O–H groups in total. The number of pyridine rings is 1. The van der Waals surface area contributed by atoms with Crippen molar-refractivity contribution in [3.8, 4) is 0 Å². The van der Waals surface area contributed by atoms with Crippen LogP contribution in [0.4, 0.5) is 0 Å². The van der Waals surface area contributed by atoms with E-state index in [9.17, 15) is 14.4 Å². The summed E-state index contributed by atoms with van der Waals surface area (Å²) in [5.74, 6) is -0.214. The first-order valence-corrected chi connectivity index (χ1v) is 8.99. The lowest BCUT2D eigenvalue weighted by Crippen LogP contribution is -2.42. The Morgan fingerprint density at radius 1 is 1.33 bits per heavy atom. The maximum absolute atomic E-state index is 13.5. The van der Waals surface area contributed by atoms with Crippen LogP contribution < -0.4 is 11.2 Å². The monoisotopic (exact) mass is 367 g/mol. The third-order valence-corrected chi connectivity index (χ3v) is 5.24. The molecule has 27 heavy (non-hydrogen) atoms. The van der Waals surface area contributed by atoms with Gasteiger partial charge in [-0.25, -0.2) is 9.78 Å². The molecule has 8 nitrogen and oxygen atoms in total. The number of amides is 1. The second-order valence-electron chi connectivity index (χ2n) is 6.88. The summed E-state index contributed by atoms with van der Waals surface area (Å²) < 4.78 is 3.42. The molecule has 1 atom stereocenters. The van der Waals surface area contributed by atoms with Gasteiger partial charge in [-0.1, -0.05) is 6.92 Å². The fourth-order valence-corrected chi connectivity index (χ4v) is 3.92. The number of aromatic nitrogens is 4. The van der Waals surface area contributed by atoms with Gasteiger partial charge in [-0.05, 0) is 31.5 Å². The van der Waals surface area contributed by atoms with Gasteiger partial charge in [0.15, 0.2) is 0 Å². The minimum atomic E-state index is -0.586. The Hall–Kier alpha value is -3.16. The van der Waals surface area contributed by atoms with Crippen molar-refractivity contribution in [3.63, 3.8) is 0 Å². The SMILES string of the molecule is CC[C@H]1c2cccn2CCN1C(=O)c1cc(C)nc2c1c(=O)[nH]c(=O)n2C. The summed E-state index contributed by atoms with van der Waals surface area (Å²) in [6, 6.07) is 5.58. The van der Waals surface area contributed by atoms with E-state index in [1.54, 1.807) is 13.0 Å². The van der Waals surface area contributed by atoms with Gasteiger partial charge in [0.1, 0.15) is 5.65 Å². The molecular weight excluding hydrogens is 346 g/mol. The smallest absolute Gasteiger partial charge is 0.329 e. The number of nitrogens with one attached hydrogen (secondary N) is 1. The maximum atomic E-state index is 13.5. The topological polar surface area (TPSA) is 93.0 Å². The Balaban J connectivity index is 1.90. The van der Waals surface area contributed by atoms with Gasteiger partial charge >= 0.3 is 5.69 Å². The Bertz CT molecular complexity index is 1170. The van der Waals surface area contributed by atoms with Crippen LogP contribution in [0.15, 0.2) is 34.0 Å². The van der Waals surface area contributed by atoms with Crippen molar-refractivity contribution in [1.82, 2.24) is 24.0 Å². The number of nitrogens with zero attached hydrogens (tertiary/aromatic N) is 4. The molecule has 1 amide bonds. The number of aromatic amines is 1. The second-order valence-corrected chi connectivity index (χ2v) is 6.88. The van der Waals surface area contributed by atoms with Crippen molar-refractivity contribution in [2.45, 2.75) is 32.9 Å². The van der Waals surface area contributed by atoms with Gasteiger partial charge in [0, 0.05) is 37.7 Å². The number of rotatable bonds is 2. The lowest BCUT2D eigenvalue weighted by atomic mass is 10.0. The second kappa shape index (κ2) is 6.22. The molecule has 0 fully saturated rings. The Morgan fingerprint density at radius 2 is 2.11 bits per heavy atom. The largest absolute Gasteiger partial charge is 0.348 e. The van der Waals surface area contributed by atoms with Crippen molar-refractivity contribution in [2.24, 2.45) is 7.05 Å². The highest BCUT2D eigenvalue weighted by Gasteiger charge is 2.31. The van der Waals surface area contributed by atoms with E-state index in [0.717, 1.165) is 12.1 Å². The molecule has 0 unspecified atom stereocenters. The Kier molecular flexibility index (Phi) is 3.98. The fraction of sp³-hybridized carbons (Fsp3) is 0.368. The van der Waals surface area contributed by atoms with Crippen molar-refractivity contribution in [3.05, 3.63) is 62.2 Å². The molecule has 140 valence electrons. The standard InChI is InChI=1S/C19H21N5O3/c1-4-13-14-6-5-7-23(14)8-9-24(13)18(26)12-10-11(2)20-16-15(12)17(25)21-19(27)22(16)3/h5-7,10,13H,4,8-9H2,1-3H3,(H,21,25,27)/t13-/m0/s1. The third kappa shape index (κ3) is 2.59. The predicted molar refractivity (Wildman–Crippen MR) is 101 cm³/mol. The molecule has 0 saturated carbocycles. The predicted octanol–water partition coefficient (Wildman–Crippen LogP) is 1.34. The highest BCUT2D eigenvalue weighted by atomic mass is 16.2. The van der Waals surface area contributed by atoms with Crippen molar-refractivity contribution >= 4 is 16.9 Å². The molecule has 3 aromatic heterocycles. The molecule has 4 rings (SSSR count). The van der Waals surface area contributed by atoms with Crippen LogP contribution in [-0.4, -0.2) is 36.5 Å². The highest BCUT2D eigenvalue weighted by Crippen LogP contribution is 2.30. The van der Waals surface area contributed by atoms with Crippen molar-refractivity contribution < 1.29 is 4.79 Å². The van der Waals surface area contributed by atoms with Gasteiger partial charge in [0.25, 0.3) is 11.5 Å². The van der Waals surface area contributed by atoms with Crippen LogP contribution in [0.2, 0.25) is 0 Å². The average molecular weight is 367 g/mol. The Labute approximate surface area is 155 Å². The van der Waals surface area contributed by atoms with E-state index >= 15 is 0 Å². The van der Waals surface area contributed by atoms with Crippen LogP contribution in [0.25, 0.3) is 11.0 Å². The maximum Gasteiger partial charge on any atom is 0.329 e. The van der Waals surface area contributed by atoms with Crippen LogP contribution in [0, 0.1) is 6.92 Å². The van der Waals surface area contributed by atoms with E-state index in [0.29, 0.717) is 18.8 Å². The Morgan fingerprint density at radius 3 is 2.85 bits per heavy atom. The number of H-pyrrole nitrogens is 1. The molecular formula is C19H21N5O3. The van der Waals surface area contributed by atoms with E-state index in [2.05, 4.69) is 14.5 Å². The normalized spacial score (nSPS) is 16.6. The van der Waals surface area contributed by atoms with Gasteiger partial charge in [0.2, 0.25) is 0 Å². The van der Waals surface area contributed by atoms with E-state index in [-0.39, 0.29) is 28.5 Å². The zero-order chi connectivity index (χ0) is 19.3. The molecule has 0 bridgehead atoms. The summed E-state index contributed by atoms with van der Waals surface area (Å²) in [6.45, 7) is 5.06. The van der Waals surface area contributed by atoms with Crippen LogP contribution in [-0.2, 0) is 13.6 Å². The lowest BCUT2D eigenvalue weighted by molar-refractivity contribution is 0.0619. The summed E-state index contributed by atoms with van der Waals surface area (Å²) in [5.41, 5.74) is 1.05. The lowest BCUT2D eigenvalue weighted by Gasteiger charge is -2.36. The van der Waals surface area contributed by atoms with Crippen LogP contribution in [0.5, 0.6) is 0 Å². The number of hydrogen-bond acceptors (Lipinski definition) is 4. The summed E-state index contributed by atoms with van der Waals surface area (Å²) in [4.78, 5) is 46.3. The zero-order valence-corrected chi connectivity index (χ0v) is 15.5. The van der Waals surface area contributed by atoms with Gasteiger partial charge in [0.05, 0.1) is 17.0 Å². The van der Waals surface area contributed by atoms with Crippen LogP contribution >= 0.6 is 0 Å². The number of hydrogen-bond donors (Lipinski definition) is 1. The molecule has 0 radical (unpaired) electrons. The molecule has 0 saturated heterocycles. The van der Waals surface area contributed by atoms with Gasteiger partial charge in [-0.15, -0.1) is 0 Å². The summed E-state index contributed by atoms with van der Waals surface area (Å²) >= 11 is 0. The highest BCUT2D eigenvalue weighted by molar-refractivity contribution is 6.05. The molecule has 8 heteroatoms. The first kappa shape index (κ1) is 17.3. The van der Waals surface area contributed by atoms with E-state index < -0.39 is 11.2 Å². The van der Waals surface area contributed by atoms with Crippen LogP contribution in [0.3, 0.4) is 0 Å². The molecule has 4 heterocycles. The first-order valence-electron chi connectivity index (χ1n) is 8.99. The van der Waals surface area contributed by atoms with Crippen molar-refractivity contribution in [2.75, 3.05) is 6.54 Å². The number of carbonyl (C=O) groups is 1. The number of carbonyl (C=O) groups excluding carboxylic acids is 1. The van der Waals surface area contributed by atoms with E-state index in [1.165, 1.54) is 11.6 Å². The summed E-state index contributed by atoms with van der Waals surface area (Å²) in [5, 5.41) is 0.156. The zero-order valence-electron chi connectivity index (χ0n) is 15.5. The van der Waals surface area contributed by atoms with Crippen LogP contribution in [0.1, 0.15) is 41.1 Å². The van der Waals surface area contributed by atoms with Gasteiger partial charge in [-0.2, -0.15) is 0 Å². The van der Waals surface area contributed by atoms with E-state index in [1.807, 2.05) is 30.2 Å².